The number of para-hydroxylation sites is 1. The number of carbonyl (C=O) groups is 2. The lowest BCUT2D eigenvalue weighted by Crippen LogP contribution is -2.49. The first-order valence-corrected chi connectivity index (χ1v) is 5.59. The topological polar surface area (TPSA) is 99.4 Å². The zero-order valence-electron chi connectivity index (χ0n) is 10.1. The first-order valence-electron chi connectivity index (χ1n) is 5.59. The van der Waals surface area contributed by atoms with E-state index in [4.69, 9.17) is 0 Å². The van der Waals surface area contributed by atoms with Crippen molar-refractivity contribution in [3.63, 3.8) is 0 Å². The Kier molecular flexibility index (Phi) is 3.32. The summed E-state index contributed by atoms with van der Waals surface area (Å²) in [6.07, 6.45) is 0. The van der Waals surface area contributed by atoms with Crippen LogP contribution in [0.25, 0.3) is 0 Å². The summed E-state index contributed by atoms with van der Waals surface area (Å²) in [5.41, 5.74) is -0.428. The van der Waals surface area contributed by atoms with Gasteiger partial charge >= 0.3 is 17.7 Å². The van der Waals surface area contributed by atoms with Crippen LogP contribution in [-0.4, -0.2) is 40.2 Å². The van der Waals surface area contributed by atoms with Crippen LogP contribution in [0.3, 0.4) is 0 Å². The quantitative estimate of drug-likeness (QED) is 0.573. The maximum atomic E-state index is 11.9. The number of anilines is 1. The molecule has 0 aromatic heterocycles. The van der Waals surface area contributed by atoms with E-state index < -0.39 is 23.4 Å². The van der Waals surface area contributed by atoms with Crippen molar-refractivity contribution < 1.29 is 24.5 Å². The summed E-state index contributed by atoms with van der Waals surface area (Å²) in [5.74, 6) is -5.14. The smallest absolute Gasteiger partial charge is 0.360 e. The number of hydrogen-bond donors (Lipinski definition) is 2. The maximum Gasteiger partial charge on any atom is 0.360 e. The molecule has 0 fully saturated rings. The summed E-state index contributed by atoms with van der Waals surface area (Å²) in [6, 6.07) is 8.12. The molecule has 1 aliphatic rings. The van der Waals surface area contributed by atoms with Crippen molar-refractivity contribution in [3.8, 4) is 0 Å². The average Bonchev–Trinajstić information content (AvgIpc) is 2.63. The second-order valence-corrected chi connectivity index (χ2v) is 3.79. The summed E-state index contributed by atoms with van der Waals surface area (Å²) in [4.78, 5) is 23.4. The van der Waals surface area contributed by atoms with Gasteiger partial charge in [-0.2, -0.15) is 10.1 Å². The van der Waals surface area contributed by atoms with Crippen LogP contribution in [0.15, 0.2) is 35.4 Å². The second kappa shape index (κ2) is 4.79. The van der Waals surface area contributed by atoms with Crippen molar-refractivity contribution in [1.82, 2.24) is 0 Å². The zero-order valence-corrected chi connectivity index (χ0v) is 10.1. The van der Waals surface area contributed by atoms with Gasteiger partial charge in [-0.1, -0.05) is 18.2 Å². The van der Waals surface area contributed by atoms with E-state index in [0.717, 1.165) is 5.01 Å². The van der Waals surface area contributed by atoms with Crippen molar-refractivity contribution in [2.24, 2.45) is 5.10 Å². The lowest BCUT2D eigenvalue weighted by Gasteiger charge is -2.16. The molecule has 100 valence electrons. The third kappa shape index (κ3) is 2.20. The fourth-order valence-electron chi connectivity index (χ4n) is 1.59. The molecule has 2 rings (SSSR count). The predicted octanol–water partition coefficient (Wildman–Crippen LogP) is -0.367. The van der Waals surface area contributed by atoms with Gasteiger partial charge in [-0.05, 0) is 19.1 Å². The van der Waals surface area contributed by atoms with Crippen LogP contribution in [0, 0.1) is 0 Å². The predicted molar refractivity (Wildman–Crippen MR) is 65.2 cm³/mol. The van der Waals surface area contributed by atoms with Gasteiger partial charge < -0.3 is 14.9 Å². The summed E-state index contributed by atoms with van der Waals surface area (Å²) >= 11 is 0. The minimum atomic E-state index is -2.97. The minimum Gasteiger partial charge on any atom is -0.461 e. The molecule has 0 atom stereocenters. The molecule has 1 aliphatic heterocycles. The number of rotatable bonds is 3. The van der Waals surface area contributed by atoms with Gasteiger partial charge in [0.15, 0.2) is 0 Å². The monoisotopic (exact) mass is 264 g/mol. The van der Waals surface area contributed by atoms with Crippen molar-refractivity contribution in [2.75, 3.05) is 11.6 Å². The highest BCUT2D eigenvalue weighted by molar-refractivity contribution is 6.46. The van der Waals surface area contributed by atoms with Gasteiger partial charge in [0, 0.05) is 0 Å². The van der Waals surface area contributed by atoms with Gasteiger partial charge in [0.25, 0.3) is 0 Å². The number of aliphatic hydroxyl groups is 2. The van der Waals surface area contributed by atoms with E-state index in [1.807, 2.05) is 0 Å². The lowest BCUT2D eigenvalue weighted by atomic mass is 10.1. The number of ether oxygens (including phenoxy) is 1. The number of hydrazone groups is 1. The van der Waals surface area contributed by atoms with Crippen molar-refractivity contribution in [2.45, 2.75) is 12.7 Å². The van der Waals surface area contributed by atoms with Gasteiger partial charge in [0.2, 0.25) is 5.71 Å². The number of esters is 1. The maximum absolute atomic E-state index is 11.9. The third-order valence-corrected chi connectivity index (χ3v) is 2.49. The molecular formula is C12H12N2O5. The Bertz CT molecular complexity index is 538. The summed E-state index contributed by atoms with van der Waals surface area (Å²) < 4.78 is 4.63. The number of hydrogen-bond acceptors (Lipinski definition) is 6. The number of amides is 1. The fourth-order valence-corrected chi connectivity index (χ4v) is 1.59. The molecule has 1 heterocycles. The Hall–Kier alpha value is -2.25. The van der Waals surface area contributed by atoms with Crippen molar-refractivity contribution in [3.05, 3.63) is 30.3 Å². The number of benzene rings is 1. The Balaban J connectivity index is 2.38. The van der Waals surface area contributed by atoms with Crippen LogP contribution < -0.4 is 5.01 Å². The highest BCUT2D eigenvalue weighted by Gasteiger charge is 2.53. The van der Waals surface area contributed by atoms with Gasteiger partial charge in [-0.3, -0.25) is 4.79 Å². The first-order chi connectivity index (χ1) is 8.98. The van der Waals surface area contributed by atoms with Crippen LogP contribution in [0.1, 0.15) is 6.92 Å². The molecule has 0 saturated heterocycles. The highest BCUT2D eigenvalue weighted by Crippen LogP contribution is 2.25. The molecule has 7 heteroatoms. The number of carbonyl (C=O) groups excluding carboxylic acids is 2. The highest BCUT2D eigenvalue weighted by atomic mass is 16.6. The lowest BCUT2D eigenvalue weighted by molar-refractivity contribution is -0.159. The van der Waals surface area contributed by atoms with Crippen LogP contribution in [0.2, 0.25) is 0 Å². The largest absolute Gasteiger partial charge is 0.461 e. The summed E-state index contributed by atoms with van der Waals surface area (Å²) in [7, 11) is 0. The van der Waals surface area contributed by atoms with E-state index in [1.165, 1.54) is 0 Å². The van der Waals surface area contributed by atoms with E-state index in [-0.39, 0.29) is 6.61 Å². The summed E-state index contributed by atoms with van der Waals surface area (Å²) in [6.45, 7) is 1.59. The molecule has 19 heavy (non-hydrogen) atoms. The molecule has 1 aromatic carbocycles. The molecule has 2 N–H and O–H groups in total. The minimum absolute atomic E-state index is 0.0352. The van der Waals surface area contributed by atoms with Gasteiger partial charge in [-0.15, -0.1) is 0 Å². The van der Waals surface area contributed by atoms with Gasteiger partial charge in [0.05, 0.1) is 12.3 Å². The molecule has 0 bridgehead atoms. The van der Waals surface area contributed by atoms with Crippen molar-refractivity contribution in [1.29, 1.82) is 0 Å². The van der Waals surface area contributed by atoms with Crippen LogP contribution in [0.5, 0.6) is 0 Å². The van der Waals surface area contributed by atoms with Crippen LogP contribution in [-0.2, 0) is 14.3 Å². The molecule has 1 amide bonds. The van der Waals surface area contributed by atoms with Gasteiger partial charge in [0.1, 0.15) is 0 Å². The van der Waals surface area contributed by atoms with Crippen molar-refractivity contribution >= 4 is 23.3 Å². The Labute approximate surface area is 108 Å². The molecule has 0 aliphatic carbocycles. The third-order valence-electron chi connectivity index (χ3n) is 2.49. The molecule has 0 unspecified atom stereocenters. The molecule has 0 saturated carbocycles. The second-order valence-electron chi connectivity index (χ2n) is 3.79. The zero-order chi connectivity index (χ0) is 14.0. The van der Waals surface area contributed by atoms with Gasteiger partial charge in [-0.25, -0.2) is 4.79 Å². The summed E-state index contributed by atoms with van der Waals surface area (Å²) in [5, 5.41) is 23.8. The fraction of sp³-hybridized carbons (Fsp3) is 0.250. The molecular weight excluding hydrogens is 252 g/mol. The van der Waals surface area contributed by atoms with Crippen LogP contribution in [0.4, 0.5) is 5.69 Å². The van der Waals surface area contributed by atoms with E-state index >= 15 is 0 Å². The van der Waals surface area contributed by atoms with E-state index in [1.54, 1.807) is 37.3 Å². The van der Waals surface area contributed by atoms with E-state index in [9.17, 15) is 19.8 Å². The molecule has 0 radical (unpaired) electrons. The molecule has 1 aromatic rings. The first kappa shape index (κ1) is 13.2. The normalized spacial score (nSPS) is 17.3. The van der Waals surface area contributed by atoms with Crippen LogP contribution >= 0.6 is 0 Å². The standard InChI is InChI=1S/C12H12N2O5/c1-2-19-10(15)9-12(17,18)11(16)14(13-9)8-6-4-3-5-7-8/h3-7,17-18H,2H2,1H3. The Morgan fingerprint density at radius 3 is 2.58 bits per heavy atom. The van der Waals surface area contributed by atoms with E-state index in [2.05, 4.69) is 9.84 Å². The average molecular weight is 264 g/mol. The molecule has 0 spiro atoms. The Morgan fingerprint density at radius 1 is 1.37 bits per heavy atom. The SMILES string of the molecule is CCOC(=O)C1=NN(c2ccccc2)C(=O)C1(O)O. The van der Waals surface area contributed by atoms with E-state index in [0.29, 0.717) is 5.69 Å². The molecule has 7 nitrogen and oxygen atoms in total. The number of nitrogens with zero attached hydrogens (tertiary/aromatic N) is 2. The Morgan fingerprint density at radius 2 is 2.00 bits per heavy atom.